The quantitative estimate of drug-likeness (QED) is 0.833. The zero-order valence-electron chi connectivity index (χ0n) is 12.1. The van der Waals surface area contributed by atoms with E-state index >= 15 is 0 Å². The van der Waals surface area contributed by atoms with Gasteiger partial charge in [-0.05, 0) is 32.5 Å². The molecule has 6 heteroatoms. The number of benzene rings is 1. The highest BCUT2D eigenvalue weighted by Gasteiger charge is 2.19. The van der Waals surface area contributed by atoms with Gasteiger partial charge >= 0.3 is 0 Å². The van der Waals surface area contributed by atoms with Crippen LogP contribution in [-0.4, -0.2) is 41.1 Å². The Bertz CT molecular complexity index is 698. The molecule has 1 saturated heterocycles. The highest BCUT2D eigenvalue weighted by molar-refractivity contribution is 5.84. The number of piperidine rings is 1. The summed E-state index contributed by atoms with van der Waals surface area (Å²) in [5, 5.41) is 0.483. The third kappa shape index (κ3) is 2.85. The van der Waals surface area contributed by atoms with Crippen molar-refractivity contribution >= 4 is 16.6 Å². The van der Waals surface area contributed by atoms with Crippen LogP contribution >= 0.6 is 0 Å². The zero-order chi connectivity index (χ0) is 14.8. The van der Waals surface area contributed by atoms with E-state index in [2.05, 4.69) is 21.9 Å². The first kappa shape index (κ1) is 13.9. The average molecular weight is 288 g/mol. The summed E-state index contributed by atoms with van der Waals surface area (Å²) in [6.45, 7) is 1.72. The number of nitrogens with two attached hydrogens (primary N) is 1. The fourth-order valence-electron chi connectivity index (χ4n) is 2.78. The lowest BCUT2D eigenvalue weighted by atomic mass is 10.0. The molecule has 3 N–H and O–H groups in total. The van der Waals surface area contributed by atoms with Crippen molar-refractivity contribution in [2.75, 3.05) is 25.9 Å². The van der Waals surface area contributed by atoms with Gasteiger partial charge in [-0.25, -0.2) is 4.98 Å². The number of hydrogen-bond donors (Lipinski definition) is 2. The largest absolute Gasteiger partial charge is 0.490 e. The van der Waals surface area contributed by atoms with E-state index in [1.807, 2.05) is 0 Å². The van der Waals surface area contributed by atoms with E-state index in [1.165, 1.54) is 19.2 Å². The molecule has 0 aliphatic carbocycles. The Morgan fingerprint density at radius 1 is 1.48 bits per heavy atom. The number of likely N-dealkylation sites (tertiary alicyclic amines) is 1. The molecule has 112 valence electrons. The van der Waals surface area contributed by atoms with Crippen molar-refractivity contribution < 1.29 is 4.74 Å². The molecule has 21 heavy (non-hydrogen) atoms. The molecule has 0 bridgehead atoms. The predicted octanol–water partition coefficient (Wildman–Crippen LogP) is 1.37. The van der Waals surface area contributed by atoms with Crippen LogP contribution in [-0.2, 0) is 0 Å². The lowest BCUT2D eigenvalue weighted by molar-refractivity contribution is 0.125. The summed E-state index contributed by atoms with van der Waals surface area (Å²) >= 11 is 0. The number of nitrogen functional groups attached to an aromatic ring is 1. The monoisotopic (exact) mass is 288 g/mol. The van der Waals surface area contributed by atoms with Gasteiger partial charge in [-0.1, -0.05) is 6.42 Å². The number of ether oxygens (including phenoxy) is 1. The Kier molecular flexibility index (Phi) is 3.79. The molecule has 0 saturated carbocycles. The van der Waals surface area contributed by atoms with Crippen LogP contribution in [0.2, 0.25) is 0 Å². The maximum Gasteiger partial charge on any atom is 0.258 e. The van der Waals surface area contributed by atoms with Gasteiger partial charge in [-0.15, -0.1) is 0 Å². The molecule has 1 aliphatic rings. The van der Waals surface area contributed by atoms with E-state index in [0.717, 1.165) is 13.0 Å². The van der Waals surface area contributed by atoms with Crippen molar-refractivity contribution in [2.24, 2.45) is 0 Å². The molecule has 1 aromatic heterocycles. The molecular formula is C15H20N4O2. The van der Waals surface area contributed by atoms with Crippen molar-refractivity contribution in [3.8, 4) is 5.75 Å². The molecule has 1 atom stereocenters. The molecule has 2 heterocycles. The number of H-pyrrole nitrogens is 1. The van der Waals surface area contributed by atoms with Crippen molar-refractivity contribution in [3.63, 3.8) is 0 Å². The second-order valence-corrected chi connectivity index (χ2v) is 5.58. The number of rotatable bonds is 3. The minimum atomic E-state index is -0.190. The van der Waals surface area contributed by atoms with Crippen LogP contribution in [0.1, 0.15) is 19.3 Å². The summed E-state index contributed by atoms with van der Waals surface area (Å²) in [5.74, 6) is 0.597. The number of likely N-dealkylation sites (N-methyl/N-ethyl adjacent to an activating group) is 1. The van der Waals surface area contributed by atoms with Crippen molar-refractivity contribution in [3.05, 3.63) is 28.8 Å². The molecule has 1 fully saturated rings. The summed E-state index contributed by atoms with van der Waals surface area (Å²) in [6.07, 6.45) is 5.02. The Hall–Kier alpha value is -2.08. The van der Waals surface area contributed by atoms with Crippen LogP contribution in [0.25, 0.3) is 10.9 Å². The SMILES string of the molecule is CN1CCCCC1COc1cc2nc[nH]c(=O)c2cc1N. The maximum absolute atomic E-state index is 11.7. The van der Waals surface area contributed by atoms with Gasteiger partial charge in [-0.3, -0.25) is 4.79 Å². The van der Waals surface area contributed by atoms with E-state index in [4.69, 9.17) is 10.5 Å². The van der Waals surface area contributed by atoms with Gasteiger partial charge in [0.1, 0.15) is 12.4 Å². The predicted molar refractivity (Wildman–Crippen MR) is 82.5 cm³/mol. The Labute approximate surface area is 122 Å². The minimum absolute atomic E-state index is 0.190. The average Bonchev–Trinajstić information content (AvgIpc) is 2.48. The maximum atomic E-state index is 11.7. The highest BCUT2D eigenvalue weighted by atomic mass is 16.5. The molecule has 1 aromatic carbocycles. The molecule has 0 amide bonds. The van der Waals surface area contributed by atoms with Crippen LogP contribution in [0.3, 0.4) is 0 Å². The Balaban J connectivity index is 1.80. The molecule has 1 aliphatic heterocycles. The number of fused-ring (bicyclic) bond motifs is 1. The molecule has 0 radical (unpaired) electrons. The first-order valence-electron chi connectivity index (χ1n) is 7.25. The number of aromatic amines is 1. The second-order valence-electron chi connectivity index (χ2n) is 5.58. The van der Waals surface area contributed by atoms with Crippen LogP contribution in [0, 0.1) is 0 Å². The summed E-state index contributed by atoms with van der Waals surface area (Å²) in [7, 11) is 2.12. The number of hydrogen-bond acceptors (Lipinski definition) is 5. The van der Waals surface area contributed by atoms with Gasteiger partial charge in [-0.2, -0.15) is 0 Å². The fourth-order valence-corrected chi connectivity index (χ4v) is 2.78. The Morgan fingerprint density at radius 2 is 2.33 bits per heavy atom. The van der Waals surface area contributed by atoms with Crippen molar-refractivity contribution in [1.82, 2.24) is 14.9 Å². The van der Waals surface area contributed by atoms with Gasteiger partial charge in [0, 0.05) is 12.1 Å². The standard InChI is InChI=1S/C15H20N4O2/c1-19-5-3-2-4-10(19)8-21-14-7-13-11(6-12(14)16)15(20)18-9-17-13/h6-7,9-10H,2-5,8,16H2,1H3,(H,17,18,20). The zero-order valence-corrected chi connectivity index (χ0v) is 12.1. The smallest absolute Gasteiger partial charge is 0.258 e. The fraction of sp³-hybridized carbons (Fsp3) is 0.467. The third-order valence-electron chi connectivity index (χ3n) is 4.12. The summed E-state index contributed by atoms with van der Waals surface area (Å²) < 4.78 is 5.88. The van der Waals surface area contributed by atoms with Crippen molar-refractivity contribution in [1.29, 1.82) is 0 Å². The normalized spacial score (nSPS) is 19.8. The lowest BCUT2D eigenvalue weighted by Gasteiger charge is -2.32. The molecule has 1 unspecified atom stereocenters. The van der Waals surface area contributed by atoms with Gasteiger partial charge in [0.2, 0.25) is 0 Å². The first-order chi connectivity index (χ1) is 10.1. The van der Waals surface area contributed by atoms with E-state index in [-0.39, 0.29) is 5.56 Å². The Morgan fingerprint density at radius 3 is 3.14 bits per heavy atom. The van der Waals surface area contributed by atoms with E-state index in [9.17, 15) is 4.79 Å². The van der Waals surface area contributed by atoms with Gasteiger partial charge in [0.05, 0.1) is 22.9 Å². The number of nitrogens with one attached hydrogen (secondary N) is 1. The number of aromatic nitrogens is 2. The summed E-state index contributed by atoms with van der Waals surface area (Å²) in [6, 6.07) is 3.78. The van der Waals surface area contributed by atoms with Crippen molar-refractivity contribution in [2.45, 2.75) is 25.3 Å². The molecule has 3 rings (SSSR count). The molecule has 2 aromatic rings. The first-order valence-corrected chi connectivity index (χ1v) is 7.25. The van der Waals surface area contributed by atoms with Gasteiger partial charge < -0.3 is 20.4 Å². The molecule has 6 nitrogen and oxygen atoms in total. The van der Waals surface area contributed by atoms with Gasteiger partial charge in [0.15, 0.2) is 0 Å². The minimum Gasteiger partial charge on any atom is -0.490 e. The summed E-state index contributed by atoms with van der Waals surface area (Å²) in [4.78, 5) is 20.7. The highest BCUT2D eigenvalue weighted by Crippen LogP contribution is 2.26. The summed E-state index contributed by atoms with van der Waals surface area (Å²) in [5.41, 5.74) is 6.87. The number of anilines is 1. The molecular weight excluding hydrogens is 268 g/mol. The third-order valence-corrected chi connectivity index (χ3v) is 4.12. The van der Waals surface area contributed by atoms with E-state index < -0.39 is 0 Å². The van der Waals surface area contributed by atoms with E-state index in [0.29, 0.717) is 35.0 Å². The van der Waals surface area contributed by atoms with Crippen LogP contribution in [0.15, 0.2) is 23.3 Å². The molecule has 0 spiro atoms. The van der Waals surface area contributed by atoms with Crippen LogP contribution < -0.4 is 16.0 Å². The van der Waals surface area contributed by atoms with Crippen LogP contribution in [0.5, 0.6) is 5.75 Å². The van der Waals surface area contributed by atoms with Crippen LogP contribution in [0.4, 0.5) is 5.69 Å². The van der Waals surface area contributed by atoms with Gasteiger partial charge in [0.25, 0.3) is 5.56 Å². The van der Waals surface area contributed by atoms with E-state index in [1.54, 1.807) is 12.1 Å². The topological polar surface area (TPSA) is 84.2 Å². The lowest BCUT2D eigenvalue weighted by Crippen LogP contribution is -2.40. The second kappa shape index (κ2) is 5.73. The number of nitrogens with zero attached hydrogens (tertiary/aromatic N) is 2.